The van der Waals surface area contributed by atoms with Gasteiger partial charge in [-0.1, -0.05) is 27.7 Å². The van der Waals surface area contributed by atoms with Crippen LogP contribution in [0.2, 0.25) is 0 Å². The van der Waals surface area contributed by atoms with E-state index in [1.54, 1.807) is 0 Å². The lowest BCUT2D eigenvalue weighted by molar-refractivity contribution is -0.131. The van der Waals surface area contributed by atoms with E-state index in [0.29, 0.717) is 23.8 Å². The predicted molar refractivity (Wildman–Crippen MR) is 82.4 cm³/mol. The predicted octanol–water partition coefficient (Wildman–Crippen LogP) is 1.91. The summed E-state index contributed by atoms with van der Waals surface area (Å²) in [6.07, 6.45) is 3.76. The highest BCUT2D eigenvalue weighted by atomic mass is 16.2. The maximum Gasteiger partial charge on any atom is 0.241 e. The largest absolute Gasteiger partial charge is 0.324 e. The molecule has 2 fully saturated rings. The Balaban J connectivity index is 2.06. The number of hydrogen-bond donors (Lipinski definition) is 1. The minimum absolute atomic E-state index is 0.00505. The number of carbonyl (C=O) groups excluding carboxylic acids is 1. The Labute approximate surface area is 123 Å². The fourth-order valence-corrected chi connectivity index (χ4v) is 3.47. The van der Waals surface area contributed by atoms with Crippen molar-refractivity contribution in [3.8, 4) is 0 Å². The van der Waals surface area contributed by atoms with E-state index in [4.69, 9.17) is 0 Å². The molecule has 0 bridgehead atoms. The molecular weight excluding hydrogens is 250 g/mol. The van der Waals surface area contributed by atoms with Crippen molar-refractivity contribution in [2.75, 3.05) is 20.1 Å². The first-order valence-corrected chi connectivity index (χ1v) is 8.17. The van der Waals surface area contributed by atoms with Gasteiger partial charge in [0.15, 0.2) is 0 Å². The Bertz CT molecular complexity index is 343. The number of likely N-dealkylation sites (tertiary alicyclic amines) is 1. The summed E-state index contributed by atoms with van der Waals surface area (Å²) in [6.45, 7) is 10.8. The molecule has 20 heavy (non-hydrogen) atoms. The lowest BCUT2D eigenvalue weighted by Crippen LogP contribution is -2.45. The monoisotopic (exact) mass is 281 g/mol. The van der Waals surface area contributed by atoms with Crippen molar-refractivity contribution in [3.05, 3.63) is 0 Å². The van der Waals surface area contributed by atoms with Gasteiger partial charge in [0.1, 0.15) is 0 Å². The third-order valence-corrected chi connectivity index (χ3v) is 4.74. The van der Waals surface area contributed by atoms with E-state index in [1.165, 1.54) is 19.4 Å². The van der Waals surface area contributed by atoms with E-state index in [0.717, 1.165) is 13.0 Å². The first-order valence-electron chi connectivity index (χ1n) is 8.17. The Hall–Kier alpha value is -0.610. The van der Waals surface area contributed by atoms with Crippen LogP contribution in [0.5, 0.6) is 0 Å². The Kier molecular flexibility index (Phi) is 5.08. The zero-order valence-electron chi connectivity index (χ0n) is 13.7. The van der Waals surface area contributed by atoms with Gasteiger partial charge < -0.3 is 9.80 Å². The average Bonchev–Trinajstić information content (AvgIpc) is 2.87. The molecule has 2 heterocycles. The van der Waals surface area contributed by atoms with Crippen LogP contribution in [0.15, 0.2) is 0 Å². The van der Waals surface area contributed by atoms with Crippen LogP contribution in [0.3, 0.4) is 0 Å². The zero-order chi connectivity index (χ0) is 14.9. The van der Waals surface area contributed by atoms with Crippen LogP contribution in [0.4, 0.5) is 0 Å². The fourth-order valence-electron chi connectivity index (χ4n) is 3.47. The van der Waals surface area contributed by atoms with Gasteiger partial charge in [0.25, 0.3) is 0 Å². The highest BCUT2D eigenvalue weighted by molar-refractivity contribution is 5.84. The molecule has 3 atom stereocenters. The quantitative estimate of drug-likeness (QED) is 0.836. The number of nitrogens with one attached hydrogen (secondary N) is 1. The van der Waals surface area contributed by atoms with Crippen LogP contribution in [0, 0.1) is 11.8 Å². The fraction of sp³-hybridized carbons (Fsp3) is 0.938. The van der Waals surface area contributed by atoms with E-state index < -0.39 is 0 Å². The zero-order valence-corrected chi connectivity index (χ0v) is 13.7. The van der Waals surface area contributed by atoms with Crippen molar-refractivity contribution in [1.82, 2.24) is 15.1 Å². The van der Waals surface area contributed by atoms with Gasteiger partial charge in [-0.25, -0.2) is 0 Å². The van der Waals surface area contributed by atoms with Crippen molar-refractivity contribution in [1.29, 1.82) is 0 Å². The van der Waals surface area contributed by atoms with Gasteiger partial charge in [-0.05, 0) is 44.7 Å². The van der Waals surface area contributed by atoms with Crippen LogP contribution >= 0.6 is 0 Å². The molecule has 2 aliphatic heterocycles. The van der Waals surface area contributed by atoms with Gasteiger partial charge in [0, 0.05) is 12.6 Å². The molecule has 3 unspecified atom stereocenters. The first-order chi connectivity index (χ1) is 9.40. The molecule has 2 rings (SSSR count). The van der Waals surface area contributed by atoms with E-state index in [1.807, 2.05) is 0 Å². The van der Waals surface area contributed by atoms with Crippen molar-refractivity contribution in [3.63, 3.8) is 0 Å². The van der Waals surface area contributed by atoms with Crippen LogP contribution in [0.25, 0.3) is 0 Å². The van der Waals surface area contributed by atoms with E-state index in [2.05, 4.69) is 49.9 Å². The van der Waals surface area contributed by atoms with Gasteiger partial charge in [0.2, 0.25) is 5.91 Å². The maximum absolute atomic E-state index is 12.7. The standard InChI is InChI=1S/C16H31N3O/c1-11(2)9-14-17-15(12(3)4)16(20)19(14)10-13-7-6-8-18(13)5/h11-15,17H,6-10H2,1-5H3. The number of likely N-dealkylation sites (N-methyl/N-ethyl adjacent to an activating group) is 1. The highest BCUT2D eigenvalue weighted by Crippen LogP contribution is 2.24. The third kappa shape index (κ3) is 3.34. The third-order valence-electron chi connectivity index (χ3n) is 4.74. The van der Waals surface area contributed by atoms with Crippen molar-refractivity contribution in [2.24, 2.45) is 11.8 Å². The van der Waals surface area contributed by atoms with Crippen LogP contribution in [-0.4, -0.2) is 54.1 Å². The van der Waals surface area contributed by atoms with Gasteiger partial charge in [-0.15, -0.1) is 0 Å². The van der Waals surface area contributed by atoms with Crippen molar-refractivity contribution < 1.29 is 4.79 Å². The lowest BCUT2D eigenvalue weighted by atomic mass is 10.0. The van der Waals surface area contributed by atoms with Crippen LogP contribution < -0.4 is 5.32 Å². The molecule has 116 valence electrons. The number of rotatable bonds is 5. The molecule has 0 spiro atoms. The van der Waals surface area contributed by atoms with Gasteiger partial charge >= 0.3 is 0 Å². The second-order valence-electron chi connectivity index (χ2n) is 7.30. The van der Waals surface area contributed by atoms with Gasteiger partial charge in [-0.3, -0.25) is 10.1 Å². The highest BCUT2D eigenvalue weighted by Gasteiger charge is 2.41. The molecule has 2 saturated heterocycles. The van der Waals surface area contributed by atoms with E-state index >= 15 is 0 Å². The molecule has 2 aliphatic rings. The van der Waals surface area contributed by atoms with E-state index in [9.17, 15) is 4.79 Å². The summed E-state index contributed by atoms with van der Waals surface area (Å²) in [5.41, 5.74) is 0. The summed E-state index contributed by atoms with van der Waals surface area (Å²) in [6, 6.07) is 0.548. The normalized spacial score (nSPS) is 32.0. The molecule has 4 nitrogen and oxygen atoms in total. The van der Waals surface area contributed by atoms with Crippen LogP contribution in [-0.2, 0) is 4.79 Å². The molecule has 0 aromatic carbocycles. The second-order valence-corrected chi connectivity index (χ2v) is 7.30. The number of hydrogen-bond acceptors (Lipinski definition) is 3. The Morgan fingerprint density at radius 2 is 2.00 bits per heavy atom. The first kappa shape index (κ1) is 15.8. The molecule has 0 saturated carbocycles. The molecule has 1 N–H and O–H groups in total. The number of nitrogens with zero attached hydrogens (tertiary/aromatic N) is 2. The summed E-state index contributed by atoms with van der Waals surface area (Å²) in [5, 5.41) is 3.57. The van der Waals surface area contributed by atoms with E-state index in [-0.39, 0.29) is 12.2 Å². The summed E-state index contributed by atoms with van der Waals surface area (Å²) in [7, 11) is 2.18. The maximum atomic E-state index is 12.7. The molecular formula is C16H31N3O. The summed E-state index contributed by atoms with van der Waals surface area (Å²) in [5.74, 6) is 1.28. The summed E-state index contributed by atoms with van der Waals surface area (Å²) >= 11 is 0. The average molecular weight is 281 g/mol. The molecule has 0 aromatic rings. The second kappa shape index (κ2) is 6.44. The van der Waals surface area contributed by atoms with Crippen LogP contribution in [0.1, 0.15) is 47.0 Å². The Morgan fingerprint density at radius 3 is 2.50 bits per heavy atom. The number of amides is 1. The van der Waals surface area contributed by atoms with Crippen molar-refractivity contribution >= 4 is 5.91 Å². The molecule has 4 heteroatoms. The molecule has 0 radical (unpaired) electrons. The molecule has 0 aliphatic carbocycles. The van der Waals surface area contributed by atoms with Gasteiger partial charge in [-0.2, -0.15) is 0 Å². The summed E-state index contributed by atoms with van der Waals surface area (Å²) in [4.78, 5) is 17.2. The van der Waals surface area contributed by atoms with Crippen molar-refractivity contribution in [2.45, 2.75) is 65.2 Å². The molecule has 1 amide bonds. The Morgan fingerprint density at radius 1 is 1.30 bits per heavy atom. The minimum Gasteiger partial charge on any atom is -0.324 e. The molecule has 0 aromatic heterocycles. The number of carbonyl (C=O) groups is 1. The SMILES string of the molecule is CC(C)CC1NC(C(C)C)C(=O)N1CC1CCCN1C. The smallest absolute Gasteiger partial charge is 0.241 e. The minimum atomic E-state index is 0.00505. The lowest BCUT2D eigenvalue weighted by Gasteiger charge is -2.30. The topological polar surface area (TPSA) is 35.6 Å². The van der Waals surface area contributed by atoms with Gasteiger partial charge in [0.05, 0.1) is 12.2 Å². The summed E-state index contributed by atoms with van der Waals surface area (Å²) < 4.78 is 0.